The molecule has 3 aromatic carbocycles. The van der Waals surface area contributed by atoms with Crippen LogP contribution in [0.1, 0.15) is 11.1 Å². The zero-order valence-electron chi connectivity index (χ0n) is 13.6. The predicted octanol–water partition coefficient (Wildman–Crippen LogP) is 5.76. The number of hydrogen-bond donors (Lipinski definition) is 0. The molecule has 0 aromatic heterocycles. The molecule has 0 amide bonds. The maximum atomic E-state index is 11.8. The number of rotatable bonds is 5. The molecule has 0 bridgehead atoms. The minimum atomic E-state index is -0.382. The Balaban J connectivity index is 1.55. The Hall–Kier alpha value is -2.84. The van der Waals surface area contributed by atoms with Crippen LogP contribution in [0.4, 0.5) is 0 Å². The Kier molecular flexibility index (Phi) is 5.65. The van der Waals surface area contributed by atoms with E-state index in [1.54, 1.807) is 18.2 Å². The van der Waals surface area contributed by atoms with E-state index in [1.807, 2.05) is 54.6 Å². The van der Waals surface area contributed by atoms with Crippen LogP contribution in [0.2, 0.25) is 5.02 Å². The Bertz CT molecular complexity index is 868. The first-order valence-corrected chi connectivity index (χ1v) is 8.33. The summed E-state index contributed by atoms with van der Waals surface area (Å²) in [6, 6.07) is 25.4. The third-order valence-electron chi connectivity index (χ3n) is 3.70. The molecule has 0 aliphatic carbocycles. The number of carbonyl (C=O) groups is 1. The van der Waals surface area contributed by atoms with E-state index in [9.17, 15) is 4.79 Å². The van der Waals surface area contributed by atoms with Crippen LogP contribution in [0.15, 0.2) is 84.9 Å². The lowest BCUT2D eigenvalue weighted by atomic mass is 10.0. The Morgan fingerprint density at radius 3 is 2.32 bits per heavy atom. The molecule has 0 atom stereocenters. The zero-order chi connectivity index (χ0) is 17.5. The summed E-state index contributed by atoms with van der Waals surface area (Å²) < 4.78 is 5.27. The molecule has 0 aliphatic heterocycles. The van der Waals surface area contributed by atoms with Crippen LogP contribution in [0.25, 0.3) is 17.2 Å². The molecule has 2 nitrogen and oxygen atoms in total. The number of ether oxygens (including phenoxy) is 1. The zero-order valence-corrected chi connectivity index (χ0v) is 14.3. The molecule has 0 fully saturated rings. The van der Waals surface area contributed by atoms with E-state index in [-0.39, 0.29) is 12.6 Å². The van der Waals surface area contributed by atoms with Crippen molar-refractivity contribution in [1.82, 2.24) is 0 Å². The second-order valence-electron chi connectivity index (χ2n) is 5.56. The SMILES string of the molecule is O=C(/C=C/c1cccc(Cl)c1)OCc1ccc(-c2ccccc2)cc1. The van der Waals surface area contributed by atoms with Gasteiger partial charge in [-0.05, 0) is 40.5 Å². The third-order valence-corrected chi connectivity index (χ3v) is 3.94. The van der Waals surface area contributed by atoms with E-state index in [4.69, 9.17) is 16.3 Å². The summed E-state index contributed by atoms with van der Waals surface area (Å²) in [5.41, 5.74) is 4.10. The number of benzene rings is 3. The van der Waals surface area contributed by atoms with Crippen molar-refractivity contribution < 1.29 is 9.53 Å². The molecule has 0 unspecified atom stereocenters. The fraction of sp³-hybridized carbons (Fsp3) is 0.0455. The second kappa shape index (κ2) is 8.32. The van der Waals surface area contributed by atoms with Crippen LogP contribution in [0, 0.1) is 0 Å². The van der Waals surface area contributed by atoms with Gasteiger partial charge < -0.3 is 4.74 Å². The molecule has 0 radical (unpaired) electrons. The minimum Gasteiger partial charge on any atom is -0.458 e. The highest BCUT2D eigenvalue weighted by Crippen LogP contribution is 2.19. The number of halogens is 1. The summed E-state index contributed by atoms with van der Waals surface area (Å²) in [5, 5.41) is 0.633. The molecular weight excluding hydrogens is 332 g/mol. The standard InChI is InChI=1S/C22H17ClO2/c23-21-8-4-5-17(15-21)11-14-22(24)25-16-18-9-12-20(13-10-18)19-6-2-1-3-7-19/h1-15H,16H2/b14-11+. The van der Waals surface area contributed by atoms with Crippen LogP contribution in [-0.4, -0.2) is 5.97 Å². The molecule has 0 saturated carbocycles. The number of carbonyl (C=O) groups excluding carboxylic acids is 1. The van der Waals surface area contributed by atoms with Crippen molar-refractivity contribution in [1.29, 1.82) is 0 Å². The van der Waals surface area contributed by atoms with Crippen LogP contribution >= 0.6 is 11.6 Å². The maximum Gasteiger partial charge on any atom is 0.331 e. The molecular formula is C22H17ClO2. The molecule has 3 heteroatoms. The van der Waals surface area contributed by atoms with E-state index < -0.39 is 0 Å². The van der Waals surface area contributed by atoms with Gasteiger partial charge in [-0.1, -0.05) is 78.3 Å². The average molecular weight is 349 g/mol. The summed E-state index contributed by atoms with van der Waals surface area (Å²) in [4.78, 5) is 11.8. The van der Waals surface area contributed by atoms with Crippen molar-refractivity contribution in [2.75, 3.05) is 0 Å². The van der Waals surface area contributed by atoms with E-state index in [1.165, 1.54) is 6.08 Å². The Labute approximate surface area is 152 Å². The second-order valence-corrected chi connectivity index (χ2v) is 6.00. The smallest absolute Gasteiger partial charge is 0.331 e. The highest BCUT2D eigenvalue weighted by atomic mass is 35.5. The van der Waals surface area contributed by atoms with Gasteiger partial charge in [0.05, 0.1) is 0 Å². The highest BCUT2D eigenvalue weighted by molar-refractivity contribution is 6.30. The molecule has 124 valence electrons. The van der Waals surface area contributed by atoms with Gasteiger partial charge >= 0.3 is 5.97 Å². The molecule has 0 N–H and O–H groups in total. The van der Waals surface area contributed by atoms with Crippen LogP contribution in [0.5, 0.6) is 0 Å². The highest BCUT2D eigenvalue weighted by Gasteiger charge is 2.01. The summed E-state index contributed by atoms with van der Waals surface area (Å²) in [5.74, 6) is -0.382. The van der Waals surface area contributed by atoms with Crippen molar-refractivity contribution in [3.05, 3.63) is 101 Å². The molecule has 0 heterocycles. The lowest BCUT2D eigenvalue weighted by Gasteiger charge is -2.05. The maximum absolute atomic E-state index is 11.8. The van der Waals surface area contributed by atoms with Crippen molar-refractivity contribution >= 4 is 23.6 Å². The normalized spacial score (nSPS) is 10.8. The first kappa shape index (κ1) is 17.0. The van der Waals surface area contributed by atoms with E-state index in [0.717, 1.165) is 22.3 Å². The summed E-state index contributed by atoms with van der Waals surface area (Å²) in [6.45, 7) is 0.244. The first-order valence-electron chi connectivity index (χ1n) is 7.95. The van der Waals surface area contributed by atoms with Crippen LogP contribution in [-0.2, 0) is 16.1 Å². The quantitative estimate of drug-likeness (QED) is 0.432. The molecule has 0 aliphatic rings. The largest absolute Gasteiger partial charge is 0.458 e. The third kappa shape index (κ3) is 5.07. The fourth-order valence-electron chi connectivity index (χ4n) is 2.40. The average Bonchev–Trinajstić information content (AvgIpc) is 2.66. The predicted molar refractivity (Wildman–Crippen MR) is 102 cm³/mol. The molecule has 3 aromatic rings. The van der Waals surface area contributed by atoms with Crippen LogP contribution in [0.3, 0.4) is 0 Å². The number of hydrogen-bond acceptors (Lipinski definition) is 2. The summed E-state index contributed by atoms with van der Waals surface area (Å²) in [7, 11) is 0. The van der Waals surface area contributed by atoms with Crippen molar-refractivity contribution in [3.8, 4) is 11.1 Å². The van der Waals surface area contributed by atoms with Gasteiger partial charge in [-0.25, -0.2) is 4.79 Å². The van der Waals surface area contributed by atoms with Gasteiger partial charge in [0.15, 0.2) is 0 Å². The van der Waals surface area contributed by atoms with Crippen LogP contribution < -0.4 is 0 Å². The van der Waals surface area contributed by atoms with Gasteiger partial charge in [-0.3, -0.25) is 0 Å². The minimum absolute atomic E-state index is 0.244. The summed E-state index contributed by atoms with van der Waals surface area (Å²) in [6.07, 6.45) is 3.09. The molecule has 25 heavy (non-hydrogen) atoms. The topological polar surface area (TPSA) is 26.3 Å². The first-order chi connectivity index (χ1) is 12.2. The van der Waals surface area contributed by atoms with Gasteiger partial charge in [-0.2, -0.15) is 0 Å². The van der Waals surface area contributed by atoms with Gasteiger partial charge in [-0.15, -0.1) is 0 Å². The number of esters is 1. The van der Waals surface area contributed by atoms with Crippen molar-refractivity contribution in [2.45, 2.75) is 6.61 Å². The Morgan fingerprint density at radius 2 is 1.60 bits per heavy atom. The van der Waals surface area contributed by atoms with Crippen molar-refractivity contribution in [2.24, 2.45) is 0 Å². The van der Waals surface area contributed by atoms with E-state index in [0.29, 0.717) is 5.02 Å². The van der Waals surface area contributed by atoms with E-state index in [2.05, 4.69) is 12.1 Å². The fourth-order valence-corrected chi connectivity index (χ4v) is 2.60. The van der Waals surface area contributed by atoms with Gasteiger partial charge in [0.1, 0.15) is 6.61 Å². The Morgan fingerprint density at radius 1 is 0.880 bits per heavy atom. The molecule has 3 rings (SSSR count). The van der Waals surface area contributed by atoms with Crippen molar-refractivity contribution in [3.63, 3.8) is 0 Å². The monoisotopic (exact) mass is 348 g/mol. The molecule has 0 spiro atoms. The lowest BCUT2D eigenvalue weighted by molar-refractivity contribution is -0.138. The van der Waals surface area contributed by atoms with Gasteiger partial charge in [0, 0.05) is 11.1 Å². The van der Waals surface area contributed by atoms with Gasteiger partial charge in [0.25, 0.3) is 0 Å². The lowest BCUT2D eigenvalue weighted by Crippen LogP contribution is -2.00. The molecule has 0 saturated heterocycles. The summed E-state index contributed by atoms with van der Waals surface area (Å²) >= 11 is 5.91. The van der Waals surface area contributed by atoms with E-state index >= 15 is 0 Å². The van der Waals surface area contributed by atoms with Gasteiger partial charge in [0.2, 0.25) is 0 Å².